The molecule has 2 heterocycles. The van der Waals surface area contributed by atoms with Crippen LogP contribution in [0.25, 0.3) is 0 Å². The van der Waals surface area contributed by atoms with Gasteiger partial charge < -0.3 is 19.3 Å². The maximum Gasteiger partial charge on any atom is 0.341 e. The standard InChI is InChI=1S/C19H25N3O6/c1-14-4-2-3-7-21(14)18(23)13-28-19(24)16-12-15(22(25)26)5-6-17(16)20-8-10-27-11-9-20/h5-6,12,14H,2-4,7-11,13H2,1H3/t14-/m1/s1. The molecule has 1 aromatic rings. The minimum absolute atomic E-state index is 0.0931. The lowest BCUT2D eigenvalue weighted by molar-refractivity contribution is -0.384. The molecular formula is C19H25N3O6. The van der Waals surface area contributed by atoms with Crippen molar-refractivity contribution in [3.8, 4) is 0 Å². The van der Waals surface area contributed by atoms with Gasteiger partial charge in [-0.1, -0.05) is 0 Å². The van der Waals surface area contributed by atoms with Crippen molar-refractivity contribution in [3.63, 3.8) is 0 Å². The monoisotopic (exact) mass is 391 g/mol. The largest absolute Gasteiger partial charge is 0.452 e. The highest BCUT2D eigenvalue weighted by Gasteiger charge is 2.26. The third-order valence-corrected chi connectivity index (χ3v) is 5.21. The first kappa shape index (κ1) is 20.1. The van der Waals surface area contributed by atoms with E-state index in [0.717, 1.165) is 19.3 Å². The Labute approximate surface area is 163 Å². The van der Waals surface area contributed by atoms with Gasteiger partial charge in [0.15, 0.2) is 6.61 Å². The predicted molar refractivity (Wildman–Crippen MR) is 101 cm³/mol. The fraction of sp³-hybridized carbons (Fsp3) is 0.579. The van der Waals surface area contributed by atoms with Crippen LogP contribution in [-0.2, 0) is 14.3 Å². The fourth-order valence-corrected chi connectivity index (χ4v) is 3.64. The van der Waals surface area contributed by atoms with Crippen LogP contribution in [-0.4, -0.2) is 67.2 Å². The zero-order valence-corrected chi connectivity index (χ0v) is 16.0. The summed E-state index contributed by atoms with van der Waals surface area (Å²) in [5, 5.41) is 11.1. The molecule has 9 heteroatoms. The molecule has 0 aromatic heterocycles. The lowest BCUT2D eigenvalue weighted by Crippen LogP contribution is -2.44. The van der Waals surface area contributed by atoms with Crippen LogP contribution in [0.15, 0.2) is 18.2 Å². The van der Waals surface area contributed by atoms with Crippen LogP contribution in [0.1, 0.15) is 36.5 Å². The van der Waals surface area contributed by atoms with Crippen molar-refractivity contribution < 1.29 is 24.0 Å². The topological polar surface area (TPSA) is 102 Å². The number of piperidine rings is 1. The summed E-state index contributed by atoms with van der Waals surface area (Å²) in [4.78, 5) is 39.3. The van der Waals surface area contributed by atoms with Crippen molar-refractivity contribution in [2.75, 3.05) is 44.4 Å². The minimum atomic E-state index is -0.733. The van der Waals surface area contributed by atoms with Crippen LogP contribution in [0.5, 0.6) is 0 Å². The summed E-state index contributed by atoms with van der Waals surface area (Å²) < 4.78 is 10.6. The molecule has 2 saturated heterocycles. The van der Waals surface area contributed by atoms with Crippen LogP contribution >= 0.6 is 0 Å². The highest BCUT2D eigenvalue weighted by atomic mass is 16.6. The number of nitro benzene ring substituents is 1. The average Bonchev–Trinajstić information content (AvgIpc) is 2.72. The number of benzene rings is 1. The molecule has 2 fully saturated rings. The summed E-state index contributed by atoms with van der Waals surface area (Å²) >= 11 is 0. The molecule has 0 aliphatic carbocycles. The van der Waals surface area contributed by atoms with Crippen molar-refractivity contribution in [1.29, 1.82) is 0 Å². The molecule has 0 N–H and O–H groups in total. The lowest BCUT2D eigenvalue weighted by atomic mass is 10.0. The lowest BCUT2D eigenvalue weighted by Gasteiger charge is -2.33. The zero-order chi connectivity index (χ0) is 20.1. The number of non-ortho nitro benzene ring substituents is 1. The summed E-state index contributed by atoms with van der Waals surface area (Å²) in [5.74, 6) is -0.970. The number of hydrogen-bond donors (Lipinski definition) is 0. The summed E-state index contributed by atoms with van der Waals surface area (Å²) in [5.41, 5.74) is 0.452. The molecule has 3 rings (SSSR count). The fourth-order valence-electron chi connectivity index (χ4n) is 3.64. The van der Waals surface area contributed by atoms with Crippen molar-refractivity contribution in [1.82, 2.24) is 4.90 Å². The number of anilines is 1. The number of esters is 1. The molecule has 1 amide bonds. The molecule has 1 aromatic carbocycles. The van der Waals surface area contributed by atoms with Crippen LogP contribution in [0.3, 0.4) is 0 Å². The van der Waals surface area contributed by atoms with Gasteiger partial charge in [0, 0.05) is 37.8 Å². The number of hydrogen-bond acceptors (Lipinski definition) is 7. The molecule has 1 atom stereocenters. The highest BCUT2D eigenvalue weighted by molar-refractivity contribution is 5.97. The van der Waals surface area contributed by atoms with Crippen LogP contribution in [0.2, 0.25) is 0 Å². The van der Waals surface area contributed by atoms with E-state index in [2.05, 4.69) is 0 Å². The van der Waals surface area contributed by atoms with Crippen molar-refractivity contribution in [3.05, 3.63) is 33.9 Å². The van der Waals surface area contributed by atoms with Crippen LogP contribution in [0, 0.1) is 10.1 Å². The summed E-state index contributed by atoms with van der Waals surface area (Å²) in [7, 11) is 0. The van der Waals surface area contributed by atoms with Gasteiger partial charge in [-0.05, 0) is 32.3 Å². The van der Waals surface area contributed by atoms with Gasteiger partial charge in [0.25, 0.3) is 11.6 Å². The maximum absolute atomic E-state index is 12.7. The minimum Gasteiger partial charge on any atom is -0.452 e. The van der Waals surface area contributed by atoms with Gasteiger partial charge in [-0.15, -0.1) is 0 Å². The smallest absolute Gasteiger partial charge is 0.341 e. The number of amides is 1. The van der Waals surface area contributed by atoms with E-state index in [0.29, 0.717) is 38.5 Å². The van der Waals surface area contributed by atoms with Crippen LogP contribution < -0.4 is 4.90 Å². The number of carbonyl (C=O) groups excluding carboxylic acids is 2. The molecule has 9 nitrogen and oxygen atoms in total. The van der Waals surface area contributed by atoms with Crippen molar-refractivity contribution >= 4 is 23.3 Å². The third-order valence-electron chi connectivity index (χ3n) is 5.21. The van der Waals surface area contributed by atoms with Gasteiger partial charge in [0.05, 0.1) is 29.4 Å². The quantitative estimate of drug-likeness (QED) is 0.430. The highest BCUT2D eigenvalue weighted by Crippen LogP contribution is 2.27. The Morgan fingerprint density at radius 3 is 2.68 bits per heavy atom. The van der Waals surface area contributed by atoms with E-state index in [-0.39, 0.29) is 29.8 Å². The summed E-state index contributed by atoms with van der Waals surface area (Å²) in [6, 6.07) is 4.25. The molecular weight excluding hydrogens is 366 g/mol. The van der Waals surface area contributed by atoms with Crippen LogP contribution in [0.4, 0.5) is 11.4 Å². The molecule has 0 spiro atoms. The maximum atomic E-state index is 12.7. The number of nitrogens with zero attached hydrogens (tertiary/aromatic N) is 3. The average molecular weight is 391 g/mol. The first-order valence-electron chi connectivity index (χ1n) is 9.55. The summed E-state index contributed by atoms with van der Waals surface area (Å²) in [6.45, 7) is 4.44. The molecule has 0 saturated carbocycles. The van der Waals surface area contributed by atoms with Gasteiger partial charge >= 0.3 is 5.97 Å². The number of likely N-dealkylation sites (tertiary alicyclic amines) is 1. The molecule has 2 aliphatic heterocycles. The number of ether oxygens (including phenoxy) is 2. The number of morpholine rings is 1. The van der Waals surface area contributed by atoms with Gasteiger partial charge in [-0.3, -0.25) is 14.9 Å². The summed E-state index contributed by atoms with van der Waals surface area (Å²) in [6.07, 6.45) is 2.96. The molecule has 0 radical (unpaired) electrons. The Kier molecular flexibility index (Phi) is 6.45. The molecule has 0 unspecified atom stereocenters. The van der Waals surface area contributed by atoms with Gasteiger partial charge in [-0.2, -0.15) is 0 Å². The molecule has 28 heavy (non-hydrogen) atoms. The van der Waals surface area contributed by atoms with Gasteiger partial charge in [0.1, 0.15) is 0 Å². The molecule has 152 valence electrons. The Hall–Kier alpha value is -2.68. The predicted octanol–water partition coefficient (Wildman–Crippen LogP) is 1.99. The Balaban J connectivity index is 1.74. The Morgan fingerprint density at radius 1 is 1.25 bits per heavy atom. The second-order valence-corrected chi connectivity index (χ2v) is 7.07. The number of carbonyl (C=O) groups is 2. The van der Waals surface area contributed by atoms with E-state index in [9.17, 15) is 19.7 Å². The second kappa shape index (κ2) is 9.01. The Morgan fingerprint density at radius 2 is 2.00 bits per heavy atom. The SMILES string of the molecule is C[C@@H]1CCCCN1C(=O)COC(=O)c1cc([N+](=O)[O-])ccc1N1CCOCC1. The second-order valence-electron chi connectivity index (χ2n) is 7.07. The van der Waals surface area contributed by atoms with Crippen molar-refractivity contribution in [2.45, 2.75) is 32.2 Å². The third kappa shape index (κ3) is 4.59. The molecule has 0 bridgehead atoms. The van der Waals surface area contributed by atoms with Gasteiger partial charge in [0.2, 0.25) is 0 Å². The van der Waals surface area contributed by atoms with Gasteiger partial charge in [-0.25, -0.2) is 4.79 Å². The normalized spacial score (nSPS) is 20.0. The number of rotatable bonds is 5. The van der Waals surface area contributed by atoms with E-state index < -0.39 is 10.9 Å². The first-order chi connectivity index (χ1) is 13.5. The molecule has 2 aliphatic rings. The van der Waals surface area contributed by atoms with E-state index in [1.165, 1.54) is 12.1 Å². The van der Waals surface area contributed by atoms with E-state index in [1.54, 1.807) is 11.0 Å². The van der Waals surface area contributed by atoms with E-state index in [4.69, 9.17) is 9.47 Å². The Bertz CT molecular complexity index is 747. The van der Waals surface area contributed by atoms with E-state index in [1.807, 2.05) is 11.8 Å². The van der Waals surface area contributed by atoms with E-state index >= 15 is 0 Å². The first-order valence-corrected chi connectivity index (χ1v) is 9.55. The zero-order valence-electron chi connectivity index (χ0n) is 16.0. The van der Waals surface area contributed by atoms with Crippen molar-refractivity contribution in [2.24, 2.45) is 0 Å². The number of nitro groups is 1.